The lowest BCUT2D eigenvalue weighted by molar-refractivity contribution is -0.132. The number of aliphatic carboxylic acids is 1. The van der Waals surface area contributed by atoms with E-state index in [-0.39, 0.29) is 17.6 Å². The summed E-state index contributed by atoms with van der Waals surface area (Å²) in [7, 11) is 1.64. The number of rotatable bonds is 1. The molecule has 78 valence electrons. The van der Waals surface area contributed by atoms with Crippen LogP contribution >= 0.6 is 15.9 Å². The Morgan fingerprint density at radius 1 is 1.60 bits per heavy atom. The minimum atomic E-state index is -0.972. The van der Waals surface area contributed by atoms with Crippen LogP contribution in [0.5, 0.6) is 0 Å². The normalized spacial score (nSPS) is 13.6. The highest BCUT2D eigenvalue weighted by atomic mass is 79.9. The molecular weight excluding hydrogens is 262 g/mol. The maximum Gasteiger partial charge on any atom is 0.331 e. The Labute approximate surface area is 94.0 Å². The van der Waals surface area contributed by atoms with Gasteiger partial charge in [-0.2, -0.15) is 0 Å². The zero-order valence-corrected chi connectivity index (χ0v) is 9.54. The van der Waals surface area contributed by atoms with Gasteiger partial charge >= 0.3 is 5.97 Å². The minimum Gasteiger partial charge on any atom is -0.478 e. The predicted molar refractivity (Wildman–Crippen MR) is 58.7 cm³/mol. The van der Waals surface area contributed by atoms with Crippen molar-refractivity contribution >= 4 is 28.0 Å². The third-order valence-corrected chi connectivity index (χ3v) is 3.06. The second-order valence-corrected chi connectivity index (χ2v) is 4.29. The van der Waals surface area contributed by atoms with Crippen LogP contribution in [0.25, 0.3) is 6.08 Å². The summed E-state index contributed by atoms with van der Waals surface area (Å²) < 4.78 is 2.19. The quantitative estimate of drug-likeness (QED) is 0.833. The van der Waals surface area contributed by atoms with Crippen LogP contribution in [0.4, 0.5) is 0 Å². The zero-order valence-electron chi connectivity index (χ0n) is 7.95. The molecule has 1 aliphatic carbocycles. The van der Waals surface area contributed by atoms with Crippen molar-refractivity contribution in [2.24, 2.45) is 7.05 Å². The summed E-state index contributed by atoms with van der Waals surface area (Å²) in [5, 5.41) is 8.84. The number of halogens is 1. The summed E-state index contributed by atoms with van der Waals surface area (Å²) in [4.78, 5) is 22.5. The van der Waals surface area contributed by atoms with E-state index in [1.54, 1.807) is 19.3 Å². The summed E-state index contributed by atoms with van der Waals surface area (Å²) in [6.45, 7) is 0. The van der Waals surface area contributed by atoms with Gasteiger partial charge in [0.2, 0.25) is 0 Å². The molecule has 1 N–H and O–H groups in total. The number of nitrogens with zero attached hydrogens (tertiary/aromatic N) is 1. The second-order valence-electron chi connectivity index (χ2n) is 3.44. The fourth-order valence-electron chi connectivity index (χ4n) is 1.65. The highest BCUT2D eigenvalue weighted by Crippen LogP contribution is 2.28. The van der Waals surface area contributed by atoms with E-state index in [4.69, 9.17) is 5.11 Å². The van der Waals surface area contributed by atoms with Gasteiger partial charge < -0.3 is 9.67 Å². The number of aryl methyl sites for hydroxylation is 1. The molecule has 1 heterocycles. The van der Waals surface area contributed by atoms with Crippen molar-refractivity contribution in [2.45, 2.75) is 6.42 Å². The first kappa shape index (κ1) is 10.2. The maximum atomic E-state index is 11.7. The maximum absolute atomic E-state index is 11.7. The molecule has 0 aliphatic heterocycles. The van der Waals surface area contributed by atoms with Gasteiger partial charge in [-0.15, -0.1) is 0 Å². The van der Waals surface area contributed by atoms with E-state index in [9.17, 15) is 9.59 Å². The molecule has 0 bridgehead atoms. The Morgan fingerprint density at radius 2 is 2.27 bits per heavy atom. The molecule has 15 heavy (non-hydrogen) atoms. The molecule has 0 unspecified atom stereocenters. The van der Waals surface area contributed by atoms with Crippen LogP contribution in [0.15, 0.2) is 21.0 Å². The summed E-state index contributed by atoms with van der Waals surface area (Å²) in [5.41, 5.74) is 1.36. The van der Waals surface area contributed by atoms with Crippen molar-refractivity contribution in [3.05, 3.63) is 37.7 Å². The summed E-state index contributed by atoms with van der Waals surface area (Å²) >= 11 is 3.31. The van der Waals surface area contributed by atoms with Gasteiger partial charge in [-0.3, -0.25) is 4.79 Å². The van der Waals surface area contributed by atoms with Crippen LogP contribution < -0.4 is 5.56 Å². The van der Waals surface area contributed by atoms with Gasteiger partial charge in [-0.25, -0.2) is 4.79 Å². The van der Waals surface area contributed by atoms with Gasteiger partial charge in [-0.1, -0.05) is 0 Å². The van der Waals surface area contributed by atoms with Gasteiger partial charge in [0.05, 0.1) is 0 Å². The SMILES string of the molecule is Cn1cc(Br)c2c(c1=O)CC(C(=O)O)=C2. The number of carboxylic acid groups (broad SMARTS) is 1. The third-order valence-electron chi connectivity index (χ3n) is 2.43. The molecule has 1 aromatic heterocycles. The van der Waals surface area contributed by atoms with E-state index < -0.39 is 5.97 Å². The van der Waals surface area contributed by atoms with Crippen molar-refractivity contribution in [3.8, 4) is 0 Å². The number of hydrogen-bond donors (Lipinski definition) is 1. The molecule has 1 aromatic rings. The smallest absolute Gasteiger partial charge is 0.331 e. The molecular formula is C10H8BrNO3. The lowest BCUT2D eigenvalue weighted by Crippen LogP contribution is -2.21. The van der Waals surface area contributed by atoms with Crippen LogP contribution in [0.3, 0.4) is 0 Å². The molecule has 0 atom stereocenters. The molecule has 0 aromatic carbocycles. The van der Waals surface area contributed by atoms with E-state index in [0.29, 0.717) is 11.1 Å². The topological polar surface area (TPSA) is 59.3 Å². The molecule has 2 rings (SSSR count). The average Bonchev–Trinajstić information content (AvgIpc) is 2.59. The Morgan fingerprint density at radius 3 is 2.87 bits per heavy atom. The van der Waals surface area contributed by atoms with E-state index in [1.165, 1.54) is 4.57 Å². The second kappa shape index (κ2) is 3.34. The van der Waals surface area contributed by atoms with Crippen molar-refractivity contribution in [1.29, 1.82) is 0 Å². The van der Waals surface area contributed by atoms with Gasteiger partial charge in [0.15, 0.2) is 0 Å². The molecule has 0 radical (unpaired) electrons. The molecule has 1 aliphatic rings. The van der Waals surface area contributed by atoms with Crippen molar-refractivity contribution in [1.82, 2.24) is 4.57 Å². The zero-order chi connectivity index (χ0) is 11.2. The van der Waals surface area contributed by atoms with Gasteiger partial charge in [-0.05, 0) is 27.6 Å². The molecule has 4 nitrogen and oxygen atoms in total. The summed E-state index contributed by atoms with van der Waals surface area (Å²) in [6, 6.07) is 0. The monoisotopic (exact) mass is 269 g/mol. The standard InChI is InChI=1S/C10H8BrNO3/c1-12-4-8(11)6-2-5(10(14)15)3-7(6)9(12)13/h2,4H,3H2,1H3,(H,14,15). The molecule has 0 saturated carbocycles. The minimum absolute atomic E-state index is 0.138. The van der Waals surface area contributed by atoms with E-state index in [1.807, 2.05) is 0 Å². The largest absolute Gasteiger partial charge is 0.478 e. The van der Waals surface area contributed by atoms with Crippen LogP contribution in [0.1, 0.15) is 11.1 Å². The molecule has 0 amide bonds. The van der Waals surface area contributed by atoms with Crippen LogP contribution in [-0.4, -0.2) is 15.6 Å². The van der Waals surface area contributed by atoms with Crippen LogP contribution in [-0.2, 0) is 18.3 Å². The fourth-order valence-corrected chi connectivity index (χ4v) is 2.31. The summed E-state index contributed by atoms with van der Waals surface area (Å²) in [5.74, 6) is -0.972. The third kappa shape index (κ3) is 1.52. The number of aromatic nitrogens is 1. The summed E-state index contributed by atoms with van der Waals surface area (Å²) in [6.07, 6.45) is 3.39. The van der Waals surface area contributed by atoms with E-state index in [0.717, 1.165) is 4.47 Å². The highest BCUT2D eigenvalue weighted by Gasteiger charge is 2.23. The molecule has 5 heteroatoms. The first-order chi connectivity index (χ1) is 7.00. The fraction of sp³-hybridized carbons (Fsp3) is 0.200. The van der Waals surface area contributed by atoms with Crippen LogP contribution in [0, 0.1) is 0 Å². The van der Waals surface area contributed by atoms with Gasteiger partial charge in [0.25, 0.3) is 5.56 Å². The van der Waals surface area contributed by atoms with Crippen molar-refractivity contribution < 1.29 is 9.90 Å². The number of carboxylic acids is 1. The predicted octanol–water partition coefficient (Wildman–Crippen LogP) is 1.17. The first-order valence-corrected chi connectivity index (χ1v) is 5.12. The van der Waals surface area contributed by atoms with E-state index >= 15 is 0 Å². The lowest BCUT2D eigenvalue weighted by Gasteiger charge is -2.04. The Balaban J connectivity index is 2.65. The first-order valence-electron chi connectivity index (χ1n) is 4.32. The Kier molecular flexibility index (Phi) is 2.26. The van der Waals surface area contributed by atoms with Crippen LogP contribution in [0.2, 0.25) is 0 Å². The highest BCUT2D eigenvalue weighted by molar-refractivity contribution is 9.10. The molecule has 0 fully saturated rings. The molecule has 0 saturated heterocycles. The van der Waals surface area contributed by atoms with E-state index in [2.05, 4.69) is 15.9 Å². The Bertz CT molecular complexity index is 542. The number of fused-ring (bicyclic) bond motifs is 1. The number of carbonyl (C=O) groups is 1. The number of hydrogen-bond acceptors (Lipinski definition) is 2. The van der Waals surface area contributed by atoms with Gasteiger partial charge in [0, 0.05) is 35.3 Å². The average molecular weight is 270 g/mol. The molecule has 0 spiro atoms. The van der Waals surface area contributed by atoms with Crippen molar-refractivity contribution in [2.75, 3.05) is 0 Å². The van der Waals surface area contributed by atoms with Crippen molar-refractivity contribution in [3.63, 3.8) is 0 Å². The lowest BCUT2D eigenvalue weighted by atomic mass is 10.1. The van der Waals surface area contributed by atoms with Gasteiger partial charge in [0.1, 0.15) is 0 Å². The number of pyridine rings is 1. The Hall–Kier alpha value is -1.36.